The van der Waals surface area contributed by atoms with E-state index < -0.39 is 6.10 Å². The van der Waals surface area contributed by atoms with Crippen molar-refractivity contribution in [3.63, 3.8) is 0 Å². The summed E-state index contributed by atoms with van der Waals surface area (Å²) >= 11 is 0. The minimum absolute atomic E-state index is 0.117. The number of benzene rings is 1. The largest absolute Gasteiger partial charge is 0.393 e. The molecule has 2 N–H and O–H groups in total. The fraction of sp³-hybridized carbons (Fsp3) is 0.444. The molecule has 124 valence electrons. The van der Waals surface area contributed by atoms with Crippen LogP contribution in [-0.4, -0.2) is 33.4 Å². The quantitative estimate of drug-likeness (QED) is 0.786. The molecule has 1 atom stereocenters. The molecule has 0 radical (unpaired) electrons. The molecule has 0 aliphatic heterocycles. The van der Waals surface area contributed by atoms with E-state index in [2.05, 4.69) is 29.5 Å². The van der Waals surface area contributed by atoms with Crippen LogP contribution >= 0.6 is 0 Å². The number of nitrogens with zero attached hydrogens (tertiary/aromatic N) is 2. The minimum atomic E-state index is -0.411. The van der Waals surface area contributed by atoms with Crippen molar-refractivity contribution in [3.05, 3.63) is 53.3 Å². The van der Waals surface area contributed by atoms with Gasteiger partial charge in [0.25, 0.3) is 5.91 Å². The molecule has 0 saturated carbocycles. The van der Waals surface area contributed by atoms with Crippen LogP contribution in [0, 0.1) is 0 Å². The van der Waals surface area contributed by atoms with Crippen LogP contribution in [0.1, 0.15) is 48.3 Å². The van der Waals surface area contributed by atoms with Crippen molar-refractivity contribution in [2.75, 3.05) is 6.54 Å². The molecule has 0 spiro atoms. The van der Waals surface area contributed by atoms with Crippen LogP contribution in [0.25, 0.3) is 0 Å². The molecule has 0 fully saturated rings. The Balaban J connectivity index is 2.12. The fourth-order valence-electron chi connectivity index (χ4n) is 2.48. The van der Waals surface area contributed by atoms with Crippen molar-refractivity contribution in [2.24, 2.45) is 0 Å². The zero-order valence-corrected chi connectivity index (χ0v) is 13.8. The minimum Gasteiger partial charge on any atom is -0.393 e. The van der Waals surface area contributed by atoms with E-state index in [1.165, 1.54) is 0 Å². The Kier molecular flexibility index (Phi) is 6.35. The third-order valence-corrected chi connectivity index (χ3v) is 3.70. The van der Waals surface area contributed by atoms with Gasteiger partial charge in [-0.2, -0.15) is 5.10 Å². The maximum atomic E-state index is 12.3. The average molecular weight is 315 g/mol. The van der Waals surface area contributed by atoms with E-state index in [-0.39, 0.29) is 5.91 Å². The number of rotatable bonds is 8. The van der Waals surface area contributed by atoms with Crippen molar-refractivity contribution < 1.29 is 9.90 Å². The van der Waals surface area contributed by atoms with Crippen LogP contribution in [0.4, 0.5) is 0 Å². The Labute approximate surface area is 137 Å². The second-order valence-electron chi connectivity index (χ2n) is 5.79. The van der Waals surface area contributed by atoms with Gasteiger partial charge in [-0.05, 0) is 25.3 Å². The topological polar surface area (TPSA) is 67.2 Å². The number of hydrogen-bond donors (Lipinski definition) is 2. The summed E-state index contributed by atoms with van der Waals surface area (Å²) in [5.74, 6) is -0.117. The molecule has 2 aromatic rings. The highest BCUT2D eigenvalue weighted by molar-refractivity contribution is 5.95. The number of aliphatic hydroxyl groups excluding tert-OH is 1. The molecule has 2 rings (SSSR count). The summed E-state index contributed by atoms with van der Waals surface area (Å²) in [6, 6.07) is 10.1. The molecular weight excluding hydrogens is 290 g/mol. The van der Waals surface area contributed by atoms with Crippen LogP contribution in [0.5, 0.6) is 0 Å². The first-order chi connectivity index (χ1) is 11.1. The normalized spacial score (nSPS) is 12.1. The van der Waals surface area contributed by atoms with Crippen LogP contribution < -0.4 is 5.32 Å². The van der Waals surface area contributed by atoms with E-state index in [1.54, 1.807) is 13.1 Å². The number of carbonyl (C=O) groups excluding carboxylic acids is 1. The summed E-state index contributed by atoms with van der Waals surface area (Å²) in [5.41, 5.74) is 2.76. The fourth-order valence-corrected chi connectivity index (χ4v) is 2.48. The Bertz CT molecular complexity index is 620. The van der Waals surface area contributed by atoms with Gasteiger partial charge in [0.15, 0.2) is 0 Å². The lowest BCUT2D eigenvalue weighted by Crippen LogP contribution is -2.27. The van der Waals surface area contributed by atoms with E-state index in [4.69, 9.17) is 0 Å². The highest BCUT2D eigenvalue weighted by Crippen LogP contribution is 2.14. The summed E-state index contributed by atoms with van der Waals surface area (Å²) in [4.78, 5) is 12.3. The molecule has 1 heterocycles. The second kappa shape index (κ2) is 8.48. The lowest BCUT2D eigenvalue weighted by Gasteiger charge is -2.10. The third-order valence-electron chi connectivity index (χ3n) is 3.70. The molecule has 1 aromatic heterocycles. The molecule has 1 aromatic carbocycles. The molecule has 1 amide bonds. The highest BCUT2D eigenvalue weighted by atomic mass is 16.3. The van der Waals surface area contributed by atoms with Gasteiger partial charge >= 0.3 is 0 Å². The van der Waals surface area contributed by atoms with Crippen molar-refractivity contribution in [3.8, 4) is 0 Å². The van der Waals surface area contributed by atoms with Gasteiger partial charge < -0.3 is 10.4 Å². The third kappa shape index (κ3) is 4.93. The van der Waals surface area contributed by atoms with Crippen LogP contribution in [-0.2, 0) is 13.0 Å². The number of aromatic nitrogens is 2. The SMILES string of the molecule is CCCc1c(C(=O)NCCC(C)O)cnn1Cc1ccccc1. The summed E-state index contributed by atoms with van der Waals surface area (Å²) in [6.45, 7) is 4.94. The smallest absolute Gasteiger partial charge is 0.254 e. The molecule has 23 heavy (non-hydrogen) atoms. The van der Waals surface area contributed by atoms with E-state index in [1.807, 2.05) is 22.9 Å². The summed E-state index contributed by atoms with van der Waals surface area (Å²) in [6.07, 6.45) is 3.55. The highest BCUT2D eigenvalue weighted by Gasteiger charge is 2.16. The summed E-state index contributed by atoms with van der Waals surface area (Å²) < 4.78 is 1.91. The van der Waals surface area contributed by atoms with Crippen molar-refractivity contribution in [2.45, 2.75) is 45.8 Å². The molecule has 0 aliphatic carbocycles. The molecule has 5 heteroatoms. The number of amides is 1. The average Bonchev–Trinajstić information content (AvgIpc) is 2.91. The Hall–Kier alpha value is -2.14. The van der Waals surface area contributed by atoms with Gasteiger partial charge in [-0.3, -0.25) is 9.48 Å². The summed E-state index contributed by atoms with van der Waals surface area (Å²) in [5, 5.41) is 16.5. The van der Waals surface area contributed by atoms with Gasteiger partial charge in [0.1, 0.15) is 0 Å². The lowest BCUT2D eigenvalue weighted by atomic mass is 10.1. The zero-order chi connectivity index (χ0) is 16.7. The maximum Gasteiger partial charge on any atom is 0.254 e. The van der Waals surface area contributed by atoms with E-state index in [9.17, 15) is 9.90 Å². The standard InChI is InChI=1S/C18H25N3O2/c1-3-7-17-16(18(23)19-11-10-14(2)22)12-20-21(17)13-15-8-5-4-6-9-15/h4-6,8-9,12,14,22H,3,7,10-11,13H2,1-2H3,(H,19,23). The Morgan fingerprint density at radius 3 is 2.74 bits per heavy atom. The first-order valence-corrected chi connectivity index (χ1v) is 8.16. The predicted octanol–water partition coefficient (Wildman–Crippen LogP) is 2.38. The van der Waals surface area contributed by atoms with Crippen molar-refractivity contribution in [1.29, 1.82) is 0 Å². The van der Waals surface area contributed by atoms with Crippen LogP contribution in [0.3, 0.4) is 0 Å². The second-order valence-corrected chi connectivity index (χ2v) is 5.79. The van der Waals surface area contributed by atoms with Crippen LogP contribution in [0.2, 0.25) is 0 Å². The van der Waals surface area contributed by atoms with Crippen LogP contribution in [0.15, 0.2) is 36.5 Å². The number of hydrogen-bond acceptors (Lipinski definition) is 3. The first-order valence-electron chi connectivity index (χ1n) is 8.16. The van der Waals surface area contributed by atoms with Gasteiger partial charge in [0, 0.05) is 6.54 Å². The zero-order valence-electron chi connectivity index (χ0n) is 13.8. The van der Waals surface area contributed by atoms with Gasteiger partial charge in [-0.25, -0.2) is 0 Å². The number of carbonyl (C=O) groups is 1. The van der Waals surface area contributed by atoms with Gasteiger partial charge in [0.05, 0.1) is 30.1 Å². The predicted molar refractivity (Wildman–Crippen MR) is 90.4 cm³/mol. The van der Waals surface area contributed by atoms with E-state index >= 15 is 0 Å². The van der Waals surface area contributed by atoms with E-state index in [0.717, 1.165) is 24.1 Å². The first kappa shape index (κ1) is 17.2. The molecule has 5 nitrogen and oxygen atoms in total. The molecule has 1 unspecified atom stereocenters. The molecule has 0 bridgehead atoms. The van der Waals surface area contributed by atoms with Gasteiger partial charge in [0.2, 0.25) is 0 Å². The van der Waals surface area contributed by atoms with Gasteiger partial charge in [-0.15, -0.1) is 0 Å². The molecule has 0 aliphatic rings. The van der Waals surface area contributed by atoms with Crippen molar-refractivity contribution in [1.82, 2.24) is 15.1 Å². The Morgan fingerprint density at radius 1 is 1.35 bits per heavy atom. The Morgan fingerprint density at radius 2 is 2.09 bits per heavy atom. The van der Waals surface area contributed by atoms with E-state index in [0.29, 0.717) is 25.1 Å². The lowest BCUT2D eigenvalue weighted by molar-refractivity contribution is 0.0944. The summed E-state index contributed by atoms with van der Waals surface area (Å²) in [7, 11) is 0. The molecule has 0 saturated heterocycles. The maximum absolute atomic E-state index is 12.3. The number of nitrogens with one attached hydrogen (secondary N) is 1. The number of aliphatic hydroxyl groups is 1. The monoisotopic (exact) mass is 315 g/mol. The van der Waals surface area contributed by atoms with Crippen molar-refractivity contribution >= 4 is 5.91 Å². The molecular formula is C18H25N3O2. The van der Waals surface area contributed by atoms with Gasteiger partial charge in [-0.1, -0.05) is 43.7 Å².